The van der Waals surface area contributed by atoms with E-state index in [0.717, 1.165) is 30.2 Å². The van der Waals surface area contributed by atoms with E-state index in [1.165, 1.54) is 6.42 Å². The summed E-state index contributed by atoms with van der Waals surface area (Å²) in [6.45, 7) is 1.23. The molecule has 1 aromatic carbocycles. The molecule has 0 bridgehead atoms. The Hall–Kier alpha value is -1.59. The number of hydrogen-bond acceptors (Lipinski definition) is 3. The van der Waals surface area contributed by atoms with Gasteiger partial charge in [-0.3, -0.25) is 9.89 Å². The summed E-state index contributed by atoms with van der Waals surface area (Å²) in [6, 6.07) is 3.82. The largest absolute Gasteiger partial charge is 0.374 e. The summed E-state index contributed by atoms with van der Waals surface area (Å²) in [7, 11) is 0. The molecule has 2 aromatic rings. The van der Waals surface area contributed by atoms with Crippen LogP contribution in [-0.2, 0) is 4.74 Å². The molecule has 116 valence electrons. The Morgan fingerprint density at radius 3 is 3.14 bits per heavy atom. The fourth-order valence-corrected chi connectivity index (χ4v) is 3.93. The number of ether oxygens (including phenoxy) is 1. The monoisotopic (exact) mass is 319 g/mol. The molecule has 6 heteroatoms. The van der Waals surface area contributed by atoms with Crippen molar-refractivity contribution in [2.24, 2.45) is 0 Å². The van der Waals surface area contributed by atoms with Crippen molar-refractivity contribution in [3.8, 4) is 0 Å². The smallest absolute Gasteiger partial charge is 0.257 e. The van der Waals surface area contributed by atoms with E-state index in [9.17, 15) is 4.79 Å². The van der Waals surface area contributed by atoms with Gasteiger partial charge in [0.1, 0.15) is 0 Å². The van der Waals surface area contributed by atoms with Gasteiger partial charge in [-0.05, 0) is 25.0 Å². The van der Waals surface area contributed by atoms with E-state index in [1.54, 1.807) is 12.3 Å². The summed E-state index contributed by atoms with van der Waals surface area (Å²) in [5, 5.41) is 8.32. The Morgan fingerprint density at radius 2 is 2.23 bits per heavy atom. The maximum atomic E-state index is 13.1. The van der Waals surface area contributed by atoms with E-state index < -0.39 is 0 Å². The van der Waals surface area contributed by atoms with Crippen molar-refractivity contribution < 1.29 is 9.53 Å². The normalized spacial score (nSPS) is 25.2. The van der Waals surface area contributed by atoms with Crippen LogP contribution in [-0.4, -0.2) is 46.3 Å². The second-order valence-corrected chi connectivity index (χ2v) is 6.42. The number of benzene rings is 1. The molecule has 2 fully saturated rings. The summed E-state index contributed by atoms with van der Waals surface area (Å²) >= 11 is 6.32. The zero-order chi connectivity index (χ0) is 15.1. The quantitative estimate of drug-likeness (QED) is 0.879. The fourth-order valence-electron chi connectivity index (χ4n) is 3.69. The molecule has 2 heterocycles. The fraction of sp³-hybridized carbons (Fsp3) is 0.500. The zero-order valence-corrected chi connectivity index (χ0v) is 13.0. The van der Waals surface area contributed by atoms with Crippen molar-refractivity contribution in [3.63, 3.8) is 0 Å². The summed E-state index contributed by atoms with van der Waals surface area (Å²) in [4.78, 5) is 15.1. The van der Waals surface area contributed by atoms with Crippen LogP contribution in [0.15, 0.2) is 18.3 Å². The van der Waals surface area contributed by atoms with E-state index in [1.807, 2.05) is 11.0 Å². The molecule has 1 saturated heterocycles. The van der Waals surface area contributed by atoms with Gasteiger partial charge in [0.15, 0.2) is 0 Å². The average Bonchev–Trinajstić information content (AvgIpc) is 3.02. The summed E-state index contributed by atoms with van der Waals surface area (Å²) in [5.41, 5.74) is 1.25. The number of amides is 1. The molecule has 1 N–H and O–H groups in total. The number of H-pyrrole nitrogens is 1. The van der Waals surface area contributed by atoms with E-state index in [2.05, 4.69) is 10.2 Å². The molecule has 1 saturated carbocycles. The third-order valence-electron chi connectivity index (χ3n) is 4.77. The van der Waals surface area contributed by atoms with Gasteiger partial charge in [-0.15, -0.1) is 0 Å². The number of carbonyl (C=O) groups excluding carboxylic acids is 1. The minimum Gasteiger partial charge on any atom is -0.374 e. The van der Waals surface area contributed by atoms with E-state index in [4.69, 9.17) is 16.3 Å². The van der Waals surface area contributed by atoms with Gasteiger partial charge in [-0.2, -0.15) is 5.10 Å². The van der Waals surface area contributed by atoms with Gasteiger partial charge in [-0.1, -0.05) is 24.4 Å². The SMILES string of the molecule is O=C(c1c(Cl)ccc2cn[nH]c12)N1CCOC2CCCCC21. The zero-order valence-electron chi connectivity index (χ0n) is 12.2. The summed E-state index contributed by atoms with van der Waals surface area (Å²) in [5.74, 6) is -0.0138. The molecule has 1 amide bonds. The van der Waals surface area contributed by atoms with Crippen LogP contribution in [0, 0.1) is 0 Å². The molecular weight excluding hydrogens is 302 g/mol. The van der Waals surface area contributed by atoms with Crippen LogP contribution in [0.2, 0.25) is 5.02 Å². The molecule has 0 radical (unpaired) electrons. The van der Waals surface area contributed by atoms with Gasteiger partial charge in [0.05, 0.1) is 41.1 Å². The molecule has 5 nitrogen and oxygen atoms in total. The highest BCUT2D eigenvalue weighted by atomic mass is 35.5. The second kappa shape index (κ2) is 5.56. The average molecular weight is 320 g/mol. The second-order valence-electron chi connectivity index (χ2n) is 6.02. The summed E-state index contributed by atoms with van der Waals surface area (Å²) < 4.78 is 5.85. The number of aromatic amines is 1. The van der Waals surface area contributed by atoms with Crippen molar-refractivity contribution in [1.29, 1.82) is 0 Å². The number of hydrogen-bond donors (Lipinski definition) is 1. The molecule has 2 unspecified atom stereocenters. The number of aromatic nitrogens is 2. The number of nitrogens with one attached hydrogen (secondary N) is 1. The predicted octanol–water partition coefficient (Wildman–Crippen LogP) is 3.00. The first kappa shape index (κ1) is 14.0. The van der Waals surface area contributed by atoms with Gasteiger partial charge in [0.25, 0.3) is 5.91 Å². The number of rotatable bonds is 1. The summed E-state index contributed by atoms with van der Waals surface area (Å²) in [6.07, 6.45) is 6.26. The third kappa shape index (κ3) is 2.20. The number of halogens is 1. The first-order chi connectivity index (χ1) is 10.8. The van der Waals surface area contributed by atoms with Crippen molar-refractivity contribution in [2.75, 3.05) is 13.2 Å². The molecule has 2 aliphatic rings. The van der Waals surface area contributed by atoms with Crippen LogP contribution in [0.25, 0.3) is 10.9 Å². The number of carbonyl (C=O) groups is 1. The number of nitrogens with zero attached hydrogens (tertiary/aromatic N) is 2. The standard InChI is InChI=1S/C16H18ClN3O2/c17-11-6-5-10-9-18-19-15(10)14(11)16(21)20-7-8-22-13-4-2-1-3-12(13)20/h5-6,9,12-13H,1-4,7-8H2,(H,18,19). The van der Waals surface area contributed by atoms with Crippen LogP contribution in [0.3, 0.4) is 0 Å². The Kier molecular flexibility index (Phi) is 3.54. The molecule has 22 heavy (non-hydrogen) atoms. The molecule has 4 rings (SSSR count). The molecular formula is C16H18ClN3O2. The molecule has 1 aromatic heterocycles. The molecule has 1 aliphatic heterocycles. The van der Waals surface area contributed by atoms with Gasteiger partial charge in [0, 0.05) is 11.9 Å². The Bertz CT molecular complexity index is 712. The highest BCUT2D eigenvalue weighted by molar-refractivity contribution is 6.35. The van der Waals surface area contributed by atoms with Crippen LogP contribution in [0.4, 0.5) is 0 Å². The van der Waals surface area contributed by atoms with Crippen LogP contribution < -0.4 is 0 Å². The predicted molar refractivity (Wildman–Crippen MR) is 84.1 cm³/mol. The van der Waals surface area contributed by atoms with Gasteiger partial charge >= 0.3 is 0 Å². The number of fused-ring (bicyclic) bond motifs is 2. The molecule has 1 aliphatic carbocycles. The third-order valence-corrected chi connectivity index (χ3v) is 5.09. The van der Waals surface area contributed by atoms with Crippen LogP contribution >= 0.6 is 11.6 Å². The maximum Gasteiger partial charge on any atom is 0.257 e. The van der Waals surface area contributed by atoms with Crippen molar-refractivity contribution in [1.82, 2.24) is 15.1 Å². The first-order valence-corrected chi connectivity index (χ1v) is 8.17. The Balaban J connectivity index is 1.73. The van der Waals surface area contributed by atoms with Crippen LogP contribution in [0.1, 0.15) is 36.0 Å². The highest BCUT2D eigenvalue weighted by Gasteiger charge is 2.38. The Morgan fingerprint density at radius 1 is 1.36 bits per heavy atom. The van der Waals surface area contributed by atoms with E-state index in [0.29, 0.717) is 23.7 Å². The van der Waals surface area contributed by atoms with Crippen molar-refractivity contribution >= 4 is 28.4 Å². The Labute approximate surface area is 133 Å². The lowest BCUT2D eigenvalue weighted by molar-refractivity contribution is -0.0752. The lowest BCUT2D eigenvalue weighted by Gasteiger charge is -2.43. The molecule has 2 atom stereocenters. The van der Waals surface area contributed by atoms with Crippen molar-refractivity contribution in [2.45, 2.75) is 37.8 Å². The minimum atomic E-state index is -0.0138. The van der Waals surface area contributed by atoms with Gasteiger partial charge < -0.3 is 9.64 Å². The maximum absolute atomic E-state index is 13.1. The number of morpholine rings is 1. The first-order valence-electron chi connectivity index (χ1n) is 7.80. The van der Waals surface area contributed by atoms with E-state index in [-0.39, 0.29) is 18.1 Å². The molecule has 0 spiro atoms. The lowest BCUT2D eigenvalue weighted by Crippen LogP contribution is -2.54. The minimum absolute atomic E-state index is 0.0138. The van der Waals surface area contributed by atoms with E-state index >= 15 is 0 Å². The topological polar surface area (TPSA) is 58.2 Å². The van der Waals surface area contributed by atoms with Crippen LogP contribution in [0.5, 0.6) is 0 Å². The van der Waals surface area contributed by atoms with Gasteiger partial charge in [0.2, 0.25) is 0 Å². The van der Waals surface area contributed by atoms with Crippen molar-refractivity contribution in [3.05, 3.63) is 28.9 Å². The van der Waals surface area contributed by atoms with Gasteiger partial charge in [-0.25, -0.2) is 0 Å². The lowest BCUT2D eigenvalue weighted by atomic mass is 9.89. The highest BCUT2D eigenvalue weighted by Crippen LogP contribution is 2.32.